The summed E-state index contributed by atoms with van der Waals surface area (Å²) in [4.78, 5) is 16.9. The number of ether oxygens (including phenoxy) is 1. The highest BCUT2D eigenvalue weighted by atomic mass is 32.1. The Kier molecular flexibility index (Phi) is 5.04. The van der Waals surface area contributed by atoms with Gasteiger partial charge < -0.3 is 15.0 Å². The summed E-state index contributed by atoms with van der Waals surface area (Å²) in [6.07, 6.45) is 4.36. The summed E-state index contributed by atoms with van der Waals surface area (Å²) in [7, 11) is 0. The van der Waals surface area contributed by atoms with Crippen LogP contribution in [0, 0.1) is 0 Å². The Labute approximate surface area is 152 Å². The molecule has 1 amide bonds. The van der Waals surface area contributed by atoms with Crippen molar-refractivity contribution in [3.63, 3.8) is 0 Å². The zero-order chi connectivity index (χ0) is 17.1. The fourth-order valence-electron chi connectivity index (χ4n) is 3.63. The van der Waals surface area contributed by atoms with E-state index in [2.05, 4.69) is 34.5 Å². The molecule has 0 spiro atoms. The molecule has 5 heteroatoms. The number of anilines is 1. The maximum atomic E-state index is 12.5. The van der Waals surface area contributed by atoms with Gasteiger partial charge in [0.15, 0.2) is 0 Å². The molecule has 2 aliphatic rings. The van der Waals surface area contributed by atoms with Crippen LogP contribution in [0.2, 0.25) is 0 Å². The lowest BCUT2D eigenvalue weighted by Crippen LogP contribution is -2.44. The molecular weight excluding hydrogens is 332 g/mol. The number of hydrogen-bond acceptors (Lipinski definition) is 4. The molecule has 1 atom stereocenters. The minimum absolute atomic E-state index is 0.0624. The largest absolute Gasteiger partial charge is 0.373 e. The third-order valence-electron chi connectivity index (χ3n) is 5.05. The van der Waals surface area contributed by atoms with Gasteiger partial charge in [0.2, 0.25) is 0 Å². The number of rotatable bonds is 4. The molecule has 2 aromatic rings. The second-order valence-corrected chi connectivity index (χ2v) is 7.89. The second kappa shape index (κ2) is 7.58. The molecule has 2 aliphatic heterocycles. The van der Waals surface area contributed by atoms with Crippen LogP contribution in [0.4, 0.5) is 5.69 Å². The summed E-state index contributed by atoms with van der Waals surface area (Å²) in [5, 5.41) is 3.22. The molecule has 4 nitrogen and oxygen atoms in total. The van der Waals surface area contributed by atoms with Crippen LogP contribution in [0.5, 0.6) is 0 Å². The molecule has 0 aliphatic carbocycles. The van der Waals surface area contributed by atoms with Crippen LogP contribution < -0.4 is 10.2 Å². The first-order valence-electron chi connectivity index (χ1n) is 9.12. The number of benzene rings is 1. The van der Waals surface area contributed by atoms with Crippen molar-refractivity contribution in [2.75, 3.05) is 24.6 Å². The van der Waals surface area contributed by atoms with Crippen LogP contribution in [0.1, 0.15) is 46.3 Å². The Morgan fingerprint density at radius 2 is 1.88 bits per heavy atom. The molecular formula is C20H24N2O2S. The number of carbonyl (C=O) groups excluding carboxylic acids is 1. The molecule has 1 aromatic heterocycles. The van der Waals surface area contributed by atoms with Crippen molar-refractivity contribution >= 4 is 22.9 Å². The zero-order valence-electron chi connectivity index (χ0n) is 14.3. The monoisotopic (exact) mass is 356 g/mol. The lowest BCUT2D eigenvalue weighted by Gasteiger charge is -2.33. The van der Waals surface area contributed by atoms with Gasteiger partial charge in [0.25, 0.3) is 5.91 Å². The van der Waals surface area contributed by atoms with Gasteiger partial charge in [-0.25, -0.2) is 0 Å². The van der Waals surface area contributed by atoms with E-state index >= 15 is 0 Å². The van der Waals surface area contributed by atoms with Gasteiger partial charge in [-0.3, -0.25) is 4.79 Å². The van der Waals surface area contributed by atoms with E-state index in [1.807, 2.05) is 18.2 Å². The number of thiophene rings is 1. The van der Waals surface area contributed by atoms with Crippen LogP contribution in [0.15, 0.2) is 42.5 Å². The van der Waals surface area contributed by atoms with E-state index in [1.165, 1.54) is 10.6 Å². The first-order chi connectivity index (χ1) is 12.3. The van der Waals surface area contributed by atoms with Crippen LogP contribution in [-0.4, -0.2) is 31.6 Å². The van der Waals surface area contributed by atoms with Crippen LogP contribution >= 0.6 is 11.3 Å². The van der Waals surface area contributed by atoms with Crippen molar-refractivity contribution in [2.45, 2.75) is 37.8 Å². The van der Waals surface area contributed by atoms with Gasteiger partial charge in [-0.2, -0.15) is 0 Å². The first kappa shape index (κ1) is 16.6. The zero-order valence-corrected chi connectivity index (χ0v) is 15.1. The molecule has 0 saturated carbocycles. The maximum Gasteiger partial charge on any atom is 0.261 e. The van der Waals surface area contributed by atoms with E-state index in [-0.39, 0.29) is 18.1 Å². The van der Waals surface area contributed by atoms with E-state index in [0.717, 1.165) is 50.3 Å². The van der Waals surface area contributed by atoms with Gasteiger partial charge >= 0.3 is 0 Å². The van der Waals surface area contributed by atoms with Gasteiger partial charge in [-0.05, 0) is 49.9 Å². The Bertz CT molecular complexity index is 701. The molecule has 132 valence electrons. The predicted octanol–water partition coefficient (Wildman–Crippen LogP) is 4.00. The number of nitrogens with zero attached hydrogens (tertiary/aromatic N) is 1. The van der Waals surface area contributed by atoms with Gasteiger partial charge in [-0.1, -0.05) is 18.2 Å². The van der Waals surface area contributed by atoms with Crippen molar-refractivity contribution < 1.29 is 9.53 Å². The summed E-state index contributed by atoms with van der Waals surface area (Å²) in [6.45, 7) is 2.81. The van der Waals surface area contributed by atoms with Crippen LogP contribution in [0.25, 0.3) is 0 Å². The fraction of sp³-hybridized carbons (Fsp3) is 0.450. The third-order valence-corrected chi connectivity index (χ3v) is 6.23. The summed E-state index contributed by atoms with van der Waals surface area (Å²) in [6, 6.07) is 14.7. The van der Waals surface area contributed by atoms with E-state index in [0.29, 0.717) is 0 Å². The molecule has 0 radical (unpaired) electrons. The smallest absolute Gasteiger partial charge is 0.261 e. The van der Waals surface area contributed by atoms with Gasteiger partial charge in [0.05, 0.1) is 11.0 Å². The molecule has 2 saturated heterocycles. The van der Waals surface area contributed by atoms with Crippen molar-refractivity contribution in [1.82, 2.24) is 5.32 Å². The maximum absolute atomic E-state index is 12.5. The molecule has 2 fully saturated rings. The van der Waals surface area contributed by atoms with E-state index in [4.69, 9.17) is 4.74 Å². The normalized spacial score (nSPS) is 21.4. The van der Waals surface area contributed by atoms with Crippen molar-refractivity contribution in [2.24, 2.45) is 0 Å². The number of para-hydroxylation sites is 1. The van der Waals surface area contributed by atoms with E-state index in [1.54, 1.807) is 11.3 Å². The average Bonchev–Trinajstić information content (AvgIpc) is 3.35. The highest BCUT2D eigenvalue weighted by molar-refractivity contribution is 7.14. The number of amides is 1. The van der Waals surface area contributed by atoms with Crippen molar-refractivity contribution in [3.05, 3.63) is 52.2 Å². The lowest BCUT2D eigenvalue weighted by atomic mass is 10.0. The summed E-state index contributed by atoms with van der Waals surface area (Å²) >= 11 is 1.58. The predicted molar refractivity (Wildman–Crippen MR) is 101 cm³/mol. The second-order valence-electron chi connectivity index (χ2n) is 6.77. The Morgan fingerprint density at radius 3 is 2.60 bits per heavy atom. The highest BCUT2D eigenvalue weighted by Crippen LogP contribution is 2.33. The molecule has 0 bridgehead atoms. The number of hydrogen-bond donors (Lipinski definition) is 1. The molecule has 3 heterocycles. The fourth-order valence-corrected chi connectivity index (χ4v) is 4.62. The number of carbonyl (C=O) groups is 1. The Morgan fingerprint density at radius 1 is 1.08 bits per heavy atom. The van der Waals surface area contributed by atoms with E-state index < -0.39 is 0 Å². The van der Waals surface area contributed by atoms with Gasteiger partial charge in [-0.15, -0.1) is 11.3 Å². The SMILES string of the molecule is O=C(NC1CCN(c2ccccc2)CC1)c1ccc([C@@H]2CCCO2)s1. The minimum Gasteiger partial charge on any atom is -0.373 e. The first-order valence-corrected chi connectivity index (χ1v) is 9.93. The van der Waals surface area contributed by atoms with Crippen LogP contribution in [0.3, 0.4) is 0 Å². The quantitative estimate of drug-likeness (QED) is 0.900. The minimum atomic E-state index is 0.0624. The molecule has 4 rings (SSSR count). The molecule has 1 N–H and O–H groups in total. The van der Waals surface area contributed by atoms with Crippen molar-refractivity contribution in [3.8, 4) is 0 Å². The third kappa shape index (κ3) is 3.88. The molecule has 25 heavy (non-hydrogen) atoms. The number of piperidine rings is 1. The van der Waals surface area contributed by atoms with E-state index in [9.17, 15) is 4.79 Å². The average molecular weight is 356 g/mol. The van der Waals surface area contributed by atoms with Crippen LogP contribution in [-0.2, 0) is 4.74 Å². The van der Waals surface area contributed by atoms with Crippen molar-refractivity contribution in [1.29, 1.82) is 0 Å². The molecule has 0 unspecified atom stereocenters. The van der Waals surface area contributed by atoms with Gasteiger partial charge in [0, 0.05) is 36.3 Å². The Hall–Kier alpha value is -1.85. The lowest BCUT2D eigenvalue weighted by molar-refractivity contribution is 0.0935. The molecule has 1 aromatic carbocycles. The summed E-state index contributed by atoms with van der Waals surface area (Å²) < 4.78 is 5.71. The Balaban J connectivity index is 1.30. The highest BCUT2D eigenvalue weighted by Gasteiger charge is 2.24. The summed E-state index contributed by atoms with van der Waals surface area (Å²) in [5.74, 6) is 0.0624. The van der Waals surface area contributed by atoms with Gasteiger partial charge in [0.1, 0.15) is 0 Å². The number of nitrogens with one attached hydrogen (secondary N) is 1. The summed E-state index contributed by atoms with van der Waals surface area (Å²) in [5.41, 5.74) is 1.27. The topological polar surface area (TPSA) is 41.6 Å². The standard InChI is InChI=1S/C20H24N2O2S/c23-20(19-9-8-18(25-19)17-7-4-14-24-17)21-15-10-12-22(13-11-15)16-5-2-1-3-6-16/h1-3,5-6,8-9,15,17H,4,7,10-14H2,(H,21,23)/t17-/m0/s1.